The minimum Gasteiger partial charge on any atom is -0.309 e. The van der Waals surface area contributed by atoms with Crippen molar-refractivity contribution in [1.82, 2.24) is 9.55 Å². The van der Waals surface area contributed by atoms with E-state index in [0.29, 0.717) is 22.4 Å². The lowest BCUT2D eigenvalue weighted by Gasteiger charge is -2.30. The third kappa shape index (κ3) is 2.84. The number of amides is 1. The Morgan fingerprint density at radius 1 is 1.32 bits per heavy atom. The van der Waals surface area contributed by atoms with Crippen molar-refractivity contribution in [2.45, 2.75) is 25.8 Å². The molecule has 7 heteroatoms. The molecule has 128 valence electrons. The average Bonchev–Trinajstić information content (AvgIpc) is 3.10. The van der Waals surface area contributed by atoms with Crippen molar-refractivity contribution < 1.29 is 9.18 Å². The van der Waals surface area contributed by atoms with Gasteiger partial charge in [-0.3, -0.25) is 14.2 Å². The number of fused-ring (bicyclic) bond motifs is 2. The van der Waals surface area contributed by atoms with Crippen molar-refractivity contribution in [3.63, 3.8) is 0 Å². The van der Waals surface area contributed by atoms with Gasteiger partial charge in [0.15, 0.2) is 0 Å². The summed E-state index contributed by atoms with van der Waals surface area (Å²) in [4.78, 5) is 31.5. The molecular weight excluding hydrogens is 341 g/mol. The fraction of sp³-hybridized carbons (Fsp3) is 0.278. The summed E-state index contributed by atoms with van der Waals surface area (Å²) in [5.41, 5.74) is 1.10. The van der Waals surface area contributed by atoms with Crippen molar-refractivity contribution in [3.8, 4) is 0 Å². The summed E-state index contributed by atoms with van der Waals surface area (Å²) in [7, 11) is 0. The molecule has 5 nitrogen and oxygen atoms in total. The first-order valence-corrected chi connectivity index (χ1v) is 9.03. The summed E-state index contributed by atoms with van der Waals surface area (Å²) >= 11 is 1.41. The third-order valence-electron chi connectivity index (χ3n) is 4.49. The number of benzene rings is 1. The van der Waals surface area contributed by atoms with Crippen molar-refractivity contribution in [3.05, 3.63) is 57.7 Å². The lowest BCUT2D eigenvalue weighted by atomic mass is 10.0. The Hall–Kier alpha value is -2.54. The zero-order valence-corrected chi connectivity index (χ0v) is 14.3. The Balaban J connectivity index is 1.55. The molecule has 2 aromatic heterocycles. The molecule has 1 aliphatic heterocycles. The van der Waals surface area contributed by atoms with Crippen LogP contribution < -0.4 is 10.5 Å². The second-order valence-electron chi connectivity index (χ2n) is 6.03. The summed E-state index contributed by atoms with van der Waals surface area (Å²) in [6.07, 6.45) is 3.18. The fourth-order valence-corrected chi connectivity index (χ4v) is 3.98. The Morgan fingerprint density at radius 3 is 3.08 bits per heavy atom. The first-order valence-electron chi connectivity index (χ1n) is 8.15. The summed E-state index contributed by atoms with van der Waals surface area (Å²) < 4.78 is 15.6. The fourth-order valence-electron chi connectivity index (χ4n) is 3.26. The molecule has 4 rings (SSSR count). The van der Waals surface area contributed by atoms with Gasteiger partial charge in [0.2, 0.25) is 5.91 Å². The molecule has 1 amide bonds. The molecule has 0 saturated carbocycles. The predicted octanol–water partition coefficient (Wildman–Crippen LogP) is 2.97. The number of nitrogens with zero attached hydrogens (tertiary/aromatic N) is 3. The van der Waals surface area contributed by atoms with Crippen LogP contribution in [0.15, 0.2) is 40.8 Å². The van der Waals surface area contributed by atoms with Crippen molar-refractivity contribution in [1.29, 1.82) is 0 Å². The van der Waals surface area contributed by atoms with Gasteiger partial charge in [0.25, 0.3) is 5.56 Å². The van der Waals surface area contributed by atoms with Crippen LogP contribution >= 0.6 is 11.3 Å². The first-order chi connectivity index (χ1) is 12.1. The molecule has 0 fully saturated rings. The Labute approximate surface area is 147 Å². The molecule has 3 aromatic rings. The Kier molecular flexibility index (Phi) is 4.09. The summed E-state index contributed by atoms with van der Waals surface area (Å²) in [5.74, 6) is -0.549. The Bertz CT molecular complexity index is 1010. The molecule has 0 saturated heterocycles. The number of anilines is 1. The van der Waals surface area contributed by atoms with Gasteiger partial charge < -0.3 is 4.90 Å². The Morgan fingerprint density at radius 2 is 2.20 bits per heavy atom. The number of hydrogen-bond acceptors (Lipinski definition) is 4. The largest absolute Gasteiger partial charge is 0.309 e. The van der Waals surface area contributed by atoms with Crippen LogP contribution in [-0.2, 0) is 17.8 Å². The highest BCUT2D eigenvalue weighted by Gasteiger charge is 2.25. The van der Waals surface area contributed by atoms with Crippen molar-refractivity contribution >= 4 is 33.1 Å². The van der Waals surface area contributed by atoms with E-state index in [2.05, 4.69) is 4.98 Å². The highest BCUT2D eigenvalue weighted by atomic mass is 32.1. The highest BCUT2D eigenvalue weighted by molar-refractivity contribution is 7.16. The average molecular weight is 357 g/mol. The molecule has 0 aliphatic carbocycles. The molecule has 3 heterocycles. The quantitative estimate of drug-likeness (QED) is 0.724. The minimum atomic E-state index is -0.371. The maximum absolute atomic E-state index is 14.2. The van der Waals surface area contributed by atoms with Crippen LogP contribution in [0.3, 0.4) is 0 Å². The second kappa shape index (κ2) is 6.40. The zero-order valence-electron chi connectivity index (χ0n) is 13.4. The van der Waals surface area contributed by atoms with Crippen LogP contribution in [0.4, 0.5) is 10.1 Å². The van der Waals surface area contributed by atoms with E-state index in [4.69, 9.17) is 0 Å². The predicted molar refractivity (Wildman–Crippen MR) is 95.6 cm³/mol. The number of hydrogen-bond donors (Lipinski definition) is 0. The number of halogens is 1. The van der Waals surface area contributed by atoms with E-state index in [1.54, 1.807) is 12.1 Å². The van der Waals surface area contributed by atoms with Gasteiger partial charge in [-0.05, 0) is 35.9 Å². The van der Waals surface area contributed by atoms with Crippen LogP contribution in [0.25, 0.3) is 10.2 Å². The first kappa shape index (κ1) is 16.0. The number of aromatic nitrogens is 2. The van der Waals surface area contributed by atoms with Crippen LogP contribution in [-0.4, -0.2) is 22.0 Å². The van der Waals surface area contributed by atoms with Crippen LogP contribution in [0.1, 0.15) is 18.4 Å². The van der Waals surface area contributed by atoms with E-state index in [1.165, 1.54) is 33.2 Å². The molecule has 0 radical (unpaired) electrons. The number of para-hydroxylation sites is 1. The van der Waals surface area contributed by atoms with E-state index in [1.807, 2.05) is 11.4 Å². The van der Waals surface area contributed by atoms with Gasteiger partial charge in [0, 0.05) is 19.5 Å². The van der Waals surface area contributed by atoms with E-state index >= 15 is 0 Å². The third-order valence-corrected chi connectivity index (χ3v) is 5.31. The van der Waals surface area contributed by atoms with Gasteiger partial charge in [0.05, 0.1) is 17.4 Å². The lowest BCUT2D eigenvalue weighted by molar-refractivity contribution is -0.119. The minimum absolute atomic E-state index is 0.130. The van der Waals surface area contributed by atoms with Gasteiger partial charge in [0.1, 0.15) is 10.6 Å². The molecule has 1 aromatic carbocycles. The number of aryl methyl sites for hydroxylation is 2. The molecular formula is C18H16FN3O2S. The molecule has 1 aliphatic rings. The van der Waals surface area contributed by atoms with Gasteiger partial charge in [-0.1, -0.05) is 12.1 Å². The molecule has 0 N–H and O–H groups in total. The molecule has 0 spiro atoms. The number of carbonyl (C=O) groups excluding carboxylic acids is 1. The van der Waals surface area contributed by atoms with Crippen LogP contribution in [0.2, 0.25) is 0 Å². The van der Waals surface area contributed by atoms with E-state index < -0.39 is 0 Å². The van der Waals surface area contributed by atoms with Crippen molar-refractivity contribution in [2.24, 2.45) is 0 Å². The van der Waals surface area contributed by atoms with Crippen LogP contribution in [0.5, 0.6) is 0 Å². The van der Waals surface area contributed by atoms with E-state index in [0.717, 1.165) is 18.4 Å². The molecule has 25 heavy (non-hydrogen) atoms. The molecule has 0 atom stereocenters. The smallest absolute Gasteiger partial charge is 0.262 e. The van der Waals surface area contributed by atoms with Gasteiger partial charge in [-0.25, -0.2) is 9.37 Å². The standard InChI is InChI=1S/C18H16FN3O2S/c19-14-5-1-3-12-4-2-8-22(16(12)14)15(23)6-9-21-11-20-17-13(18(21)24)7-10-25-17/h1,3,5,7,10-11H,2,4,6,8-9H2. The van der Waals surface area contributed by atoms with Gasteiger partial charge in [-0.15, -0.1) is 11.3 Å². The molecule has 0 bridgehead atoms. The zero-order chi connectivity index (χ0) is 17.4. The lowest BCUT2D eigenvalue weighted by Crippen LogP contribution is -2.37. The maximum atomic E-state index is 14.2. The monoisotopic (exact) mass is 357 g/mol. The van der Waals surface area contributed by atoms with Gasteiger partial charge in [-0.2, -0.15) is 0 Å². The highest BCUT2D eigenvalue weighted by Crippen LogP contribution is 2.30. The summed E-state index contributed by atoms with van der Waals surface area (Å²) in [5, 5.41) is 2.39. The normalized spacial score (nSPS) is 13.9. The number of carbonyl (C=O) groups is 1. The van der Waals surface area contributed by atoms with E-state index in [9.17, 15) is 14.0 Å². The molecule has 0 unspecified atom stereocenters. The summed E-state index contributed by atoms with van der Waals surface area (Å²) in [6, 6.07) is 6.65. The maximum Gasteiger partial charge on any atom is 0.262 e. The van der Waals surface area contributed by atoms with Crippen molar-refractivity contribution in [2.75, 3.05) is 11.4 Å². The number of rotatable bonds is 3. The summed E-state index contributed by atoms with van der Waals surface area (Å²) in [6.45, 7) is 0.736. The topological polar surface area (TPSA) is 55.2 Å². The second-order valence-corrected chi connectivity index (χ2v) is 6.92. The SMILES string of the molecule is O=C(CCn1cnc2sccc2c1=O)N1CCCc2cccc(F)c21. The van der Waals surface area contributed by atoms with Crippen LogP contribution in [0, 0.1) is 5.82 Å². The number of thiophene rings is 1. The van der Waals surface area contributed by atoms with Gasteiger partial charge >= 0.3 is 0 Å². The van der Waals surface area contributed by atoms with E-state index in [-0.39, 0.29) is 30.2 Å².